The number of amides is 6. The third-order valence-electron chi connectivity index (χ3n) is 8.37. The highest BCUT2D eigenvalue weighted by atomic mass is 16.6. The van der Waals surface area contributed by atoms with Gasteiger partial charge >= 0.3 is 24.4 Å². The van der Waals surface area contributed by atoms with Crippen molar-refractivity contribution in [1.29, 1.82) is 0 Å². The molecule has 0 radical (unpaired) electrons. The van der Waals surface area contributed by atoms with E-state index in [9.17, 15) is 28.8 Å². The van der Waals surface area contributed by atoms with Crippen LogP contribution in [0.3, 0.4) is 0 Å². The van der Waals surface area contributed by atoms with Crippen LogP contribution in [0.2, 0.25) is 0 Å². The molecule has 19 nitrogen and oxygen atoms in total. The average molecular weight is 912 g/mol. The fraction of sp³-hybridized carbons (Fsp3) is 0.426. The number of anilines is 2. The zero-order valence-corrected chi connectivity index (χ0v) is 39.6. The molecule has 2 heterocycles. The summed E-state index contributed by atoms with van der Waals surface area (Å²) in [6.45, 7) is 21.5. The van der Waals surface area contributed by atoms with Crippen molar-refractivity contribution in [3.63, 3.8) is 0 Å². The van der Waals surface area contributed by atoms with Gasteiger partial charge in [-0.05, 0) is 143 Å². The van der Waals surface area contributed by atoms with E-state index < -0.39 is 58.6 Å². The second-order valence-electron chi connectivity index (χ2n) is 19.0. The summed E-state index contributed by atoms with van der Waals surface area (Å²) in [5.74, 6) is -1.07. The van der Waals surface area contributed by atoms with Crippen molar-refractivity contribution < 1.29 is 47.7 Å². The third-order valence-corrected chi connectivity index (χ3v) is 8.37. The SMILES string of the molecule is CC(C)(C)OC(=O)/N=C(/NC(=O)OC(C)(C)C)N1CC=C(c2ccc(NC(=O)c3ccc(C(=O)Nc4ccc(CN/C(=N\C(=O)OC(C)(C)C)NC(=O)OC(C)(C)C)cc4)cn3)cc2)CC1. The molecule has 0 saturated heterocycles. The Hall–Kier alpha value is -7.31. The Morgan fingerprint density at radius 1 is 0.621 bits per heavy atom. The number of hydrogen-bond acceptors (Lipinski definition) is 11. The Morgan fingerprint density at radius 2 is 1.14 bits per heavy atom. The number of ether oxygens (including phenoxy) is 4. The number of rotatable bonds is 7. The standard InChI is InChI=1S/C47H61N9O10/c1-44(2,3)63-40(59)52-38(53-41(60)64-45(4,5)6)49-27-29-13-18-33(19-14-29)50-36(57)32-17-22-35(48-28-32)37(58)51-34-20-15-30(16-21-34)31-23-25-56(26-24-31)39(54-42(61)65-46(7,8)9)55-43(62)66-47(10,11)12/h13-23,28H,24-27H2,1-12H3,(H,50,57)(H,51,58)(H,54,55,61,62)(H2,49,52,53,59,60). The van der Waals surface area contributed by atoms with Crippen LogP contribution in [0.15, 0.2) is 82.9 Å². The van der Waals surface area contributed by atoms with E-state index in [1.54, 1.807) is 124 Å². The largest absolute Gasteiger partial charge is 0.444 e. The number of hydrogen-bond donors (Lipinski definition) is 5. The van der Waals surface area contributed by atoms with Gasteiger partial charge in [0.15, 0.2) is 0 Å². The van der Waals surface area contributed by atoms with Crippen molar-refractivity contribution in [2.75, 3.05) is 23.7 Å². The van der Waals surface area contributed by atoms with Crippen LogP contribution in [0.4, 0.5) is 30.6 Å². The average Bonchev–Trinajstić information content (AvgIpc) is 3.18. The maximum atomic E-state index is 13.1. The van der Waals surface area contributed by atoms with Gasteiger partial charge in [0.25, 0.3) is 11.8 Å². The number of aromatic nitrogens is 1. The number of nitrogens with zero attached hydrogens (tertiary/aromatic N) is 4. The molecule has 354 valence electrons. The topological polar surface area (TPSA) is 240 Å². The van der Waals surface area contributed by atoms with Crippen LogP contribution in [-0.2, 0) is 25.5 Å². The number of benzene rings is 2. The normalized spacial score (nSPS) is 13.6. The van der Waals surface area contributed by atoms with E-state index in [1.165, 1.54) is 18.3 Å². The summed E-state index contributed by atoms with van der Waals surface area (Å²) in [6, 6.07) is 17.0. The molecule has 6 amide bonds. The first-order chi connectivity index (χ1) is 30.6. The second kappa shape index (κ2) is 21.6. The van der Waals surface area contributed by atoms with Gasteiger partial charge in [-0.15, -0.1) is 9.98 Å². The second-order valence-corrected chi connectivity index (χ2v) is 19.0. The fourth-order valence-corrected chi connectivity index (χ4v) is 5.68. The molecule has 66 heavy (non-hydrogen) atoms. The Balaban J connectivity index is 1.31. The van der Waals surface area contributed by atoms with E-state index in [4.69, 9.17) is 18.9 Å². The summed E-state index contributed by atoms with van der Waals surface area (Å²) in [7, 11) is 0. The minimum absolute atomic E-state index is 0.0170. The van der Waals surface area contributed by atoms with E-state index in [1.807, 2.05) is 18.2 Å². The molecule has 0 unspecified atom stereocenters. The maximum absolute atomic E-state index is 13.1. The molecule has 0 bridgehead atoms. The Morgan fingerprint density at radius 3 is 1.64 bits per heavy atom. The van der Waals surface area contributed by atoms with Crippen LogP contribution in [-0.4, -0.2) is 93.5 Å². The molecular formula is C47H61N9O10. The molecule has 4 rings (SSSR count). The monoisotopic (exact) mass is 911 g/mol. The van der Waals surface area contributed by atoms with Crippen LogP contribution in [0.1, 0.15) is 121 Å². The molecule has 0 saturated carbocycles. The number of guanidine groups is 2. The molecule has 1 aromatic heterocycles. The lowest BCUT2D eigenvalue weighted by Crippen LogP contribution is -2.48. The molecule has 2 aromatic carbocycles. The number of alkyl carbamates (subject to hydrolysis) is 2. The van der Waals surface area contributed by atoms with Crippen LogP contribution >= 0.6 is 0 Å². The van der Waals surface area contributed by atoms with Gasteiger partial charge in [-0.1, -0.05) is 30.3 Å². The van der Waals surface area contributed by atoms with E-state index in [2.05, 4.69) is 41.6 Å². The molecule has 5 N–H and O–H groups in total. The lowest BCUT2D eigenvalue weighted by molar-refractivity contribution is 0.0539. The van der Waals surface area contributed by atoms with E-state index in [0.717, 1.165) is 16.7 Å². The van der Waals surface area contributed by atoms with Gasteiger partial charge in [0, 0.05) is 37.2 Å². The van der Waals surface area contributed by atoms with Gasteiger partial charge in [-0.3, -0.25) is 25.2 Å². The minimum atomic E-state index is -0.906. The van der Waals surface area contributed by atoms with Gasteiger partial charge in [-0.25, -0.2) is 19.2 Å². The van der Waals surface area contributed by atoms with Gasteiger partial charge < -0.3 is 39.8 Å². The predicted octanol–water partition coefficient (Wildman–Crippen LogP) is 8.40. The van der Waals surface area contributed by atoms with Crippen molar-refractivity contribution in [3.05, 3.63) is 95.3 Å². The molecule has 0 aliphatic carbocycles. The van der Waals surface area contributed by atoms with Gasteiger partial charge in [-0.2, -0.15) is 0 Å². The van der Waals surface area contributed by atoms with E-state index >= 15 is 0 Å². The number of pyridine rings is 1. The first-order valence-corrected chi connectivity index (χ1v) is 21.2. The quantitative estimate of drug-likeness (QED) is 0.0851. The predicted molar refractivity (Wildman–Crippen MR) is 250 cm³/mol. The third kappa shape index (κ3) is 18.4. The minimum Gasteiger partial charge on any atom is -0.444 e. The number of nitrogens with one attached hydrogen (secondary N) is 5. The van der Waals surface area contributed by atoms with Crippen molar-refractivity contribution in [2.45, 2.75) is 118 Å². The number of aliphatic imine (C=N–C) groups is 2. The summed E-state index contributed by atoms with van der Waals surface area (Å²) in [4.78, 5) is 89.9. The smallest absolute Gasteiger partial charge is 0.437 e. The van der Waals surface area contributed by atoms with Crippen molar-refractivity contribution in [2.24, 2.45) is 9.98 Å². The van der Waals surface area contributed by atoms with Crippen molar-refractivity contribution in [1.82, 2.24) is 25.8 Å². The summed E-state index contributed by atoms with van der Waals surface area (Å²) in [5, 5.41) is 13.5. The maximum Gasteiger partial charge on any atom is 0.437 e. The van der Waals surface area contributed by atoms with Gasteiger partial charge in [0.2, 0.25) is 11.9 Å². The number of carbonyl (C=O) groups is 6. The highest BCUT2D eigenvalue weighted by Gasteiger charge is 2.26. The molecule has 3 aromatic rings. The lowest BCUT2D eigenvalue weighted by atomic mass is 9.99. The molecular weight excluding hydrogens is 851 g/mol. The van der Waals surface area contributed by atoms with Crippen molar-refractivity contribution >= 4 is 65.1 Å². The molecule has 1 aliphatic rings. The van der Waals surface area contributed by atoms with E-state index in [-0.39, 0.29) is 29.7 Å². The molecule has 0 fully saturated rings. The fourth-order valence-electron chi connectivity index (χ4n) is 5.68. The molecule has 1 aliphatic heterocycles. The highest BCUT2D eigenvalue weighted by Crippen LogP contribution is 2.25. The van der Waals surface area contributed by atoms with Gasteiger partial charge in [0.1, 0.15) is 28.1 Å². The zero-order valence-electron chi connectivity index (χ0n) is 39.6. The van der Waals surface area contributed by atoms with Crippen LogP contribution < -0.4 is 26.6 Å². The zero-order chi connectivity index (χ0) is 49.0. The number of carbonyl (C=O) groups excluding carboxylic acids is 6. The Kier molecular flexibility index (Phi) is 16.8. The molecule has 19 heteroatoms. The first kappa shape index (κ1) is 51.3. The Labute approximate surface area is 385 Å². The summed E-state index contributed by atoms with van der Waals surface area (Å²) in [5.41, 5.74) is 0.888. The summed E-state index contributed by atoms with van der Waals surface area (Å²) in [6.07, 6.45) is 0.518. The van der Waals surface area contributed by atoms with E-state index in [0.29, 0.717) is 30.9 Å². The summed E-state index contributed by atoms with van der Waals surface area (Å²) < 4.78 is 21.2. The van der Waals surface area contributed by atoms with Crippen LogP contribution in [0.25, 0.3) is 5.57 Å². The molecule has 0 atom stereocenters. The van der Waals surface area contributed by atoms with Crippen LogP contribution in [0, 0.1) is 0 Å². The summed E-state index contributed by atoms with van der Waals surface area (Å²) >= 11 is 0. The van der Waals surface area contributed by atoms with Gasteiger partial charge in [0.05, 0.1) is 5.56 Å². The Bertz CT molecular complexity index is 2330. The van der Waals surface area contributed by atoms with Crippen LogP contribution in [0.5, 0.6) is 0 Å². The first-order valence-electron chi connectivity index (χ1n) is 21.2. The van der Waals surface area contributed by atoms with Crippen molar-refractivity contribution in [3.8, 4) is 0 Å². The highest BCUT2D eigenvalue weighted by molar-refractivity contribution is 6.06. The lowest BCUT2D eigenvalue weighted by Gasteiger charge is -2.30. The molecule has 0 spiro atoms.